The average Bonchev–Trinajstić information content (AvgIpc) is 3.10. The maximum Gasteiger partial charge on any atom is 0.247 e. The number of hydrogen-bond donors (Lipinski definition) is 2. The molecule has 0 spiro atoms. The molecule has 0 unspecified atom stereocenters. The molecule has 3 rings (SSSR count). The van der Waals surface area contributed by atoms with E-state index in [0.29, 0.717) is 6.54 Å². The summed E-state index contributed by atoms with van der Waals surface area (Å²) in [6.45, 7) is 2.38. The highest BCUT2D eigenvalue weighted by atomic mass is 32.2. The summed E-state index contributed by atoms with van der Waals surface area (Å²) < 4.78 is 23.0. The normalized spacial score (nSPS) is 16.0. The van der Waals surface area contributed by atoms with E-state index < -0.39 is 10.0 Å². The Morgan fingerprint density at radius 1 is 1.12 bits per heavy atom. The number of piperidine rings is 1. The first-order valence-electron chi connectivity index (χ1n) is 8.25. The number of anilines is 1. The van der Waals surface area contributed by atoms with E-state index in [-0.39, 0.29) is 4.21 Å². The summed E-state index contributed by atoms with van der Waals surface area (Å²) in [7, 11) is -3.65. The zero-order valence-corrected chi connectivity index (χ0v) is 15.5. The van der Waals surface area contributed by atoms with Gasteiger partial charge in [0.15, 0.2) is 5.96 Å². The van der Waals surface area contributed by atoms with Gasteiger partial charge in [0.1, 0.15) is 4.21 Å². The van der Waals surface area contributed by atoms with Crippen molar-refractivity contribution in [3.8, 4) is 0 Å². The van der Waals surface area contributed by atoms with Crippen molar-refractivity contribution in [3.63, 3.8) is 0 Å². The number of thiophene rings is 1. The van der Waals surface area contributed by atoms with Gasteiger partial charge >= 0.3 is 0 Å². The third-order valence-electron chi connectivity index (χ3n) is 3.99. The maximum atomic E-state index is 11.4. The molecule has 0 saturated carbocycles. The molecular weight excluding hydrogens is 356 g/mol. The molecule has 0 aliphatic carbocycles. The van der Waals surface area contributed by atoms with E-state index in [4.69, 9.17) is 10.1 Å². The van der Waals surface area contributed by atoms with E-state index in [9.17, 15) is 8.42 Å². The molecule has 1 saturated heterocycles. The Bertz CT molecular complexity index is 825. The van der Waals surface area contributed by atoms with Crippen LogP contribution in [0.25, 0.3) is 0 Å². The van der Waals surface area contributed by atoms with Crippen molar-refractivity contribution >= 4 is 33.0 Å². The van der Waals surface area contributed by atoms with Crippen molar-refractivity contribution in [2.45, 2.75) is 30.0 Å². The molecule has 134 valence electrons. The number of hydrogen-bond acceptors (Lipinski definition) is 4. The molecular formula is C17H22N4O2S2. The minimum Gasteiger partial charge on any atom is -0.343 e. The summed E-state index contributed by atoms with van der Waals surface area (Å²) in [6.07, 6.45) is 3.56. The number of sulfonamides is 1. The van der Waals surface area contributed by atoms with Crippen LogP contribution in [-0.2, 0) is 16.6 Å². The topological polar surface area (TPSA) is 87.8 Å². The highest BCUT2D eigenvalue weighted by molar-refractivity contribution is 7.91. The quantitative estimate of drug-likeness (QED) is 0.632. The third kappa shape index (κ3) is 5.04. The number of nitrogens with zero attached hydrogens (tertiary/aromatic N) is 2. The van der Waals surface area contributed by atoms with Crippen LogP contribution >= 0.6 is 11.3 Å². The summed E-state index contributed by atoms with van der Waals surface area (Å²) in [5, 5.41) is 8.57. The van der Waals surface area contributed by atoms with Crippen LogP contribution in [0.2, 0.25) is 0 Å². The van der Waals surface area contributed by atoms with E-state index in [1.807, 2.05) is 30.3 Å². The van der Waals surface area contributed by atoms with Gasteiger partial charge in [0.25, 0.3) is 0 Å². The minimum atomic E-state index is -3.65. The summed E-state index contributed by atoms with van der Waals surface area (Å²) in [5.74, 6) is 0.830. The van der Waals surface area contributed by atoms with Crippen LogP contribution in [0.1, 0.15) is 24.1 Å². The molecule has 6 nitrogen and oxygen atoms in total. The highest BCUT2D eigenvalue weighted by Crippen LogP contribution is 2.21. The molecule has 0 radical (unpaired) electrons. The lowest BCUT2D eigenvalue weighted by Gasteiger charge is -2.30. The first-order chi connectivity index (χ1) is 12.0. The van der Waals surface area contributed by atoms with Gasteiger partial charge in [0.2, 0.25) is 10.0 Å². The Hall–Kier alpha value is -1.90. The van der Waals surface area contributed by atoms with Gasteiger partial charge in [-0.2, -0.15) is 0 Å². The van der Waals surface area contributed by atoms with E-state index in [0.717, 1.165) is 42.5 Å². The second-order valence-electron chi connectivity index (χ2n) is 5.94. The molecule has 0 atom stereocenters. The maximum absolute atomic E-state index is 11.4. The molecule has 1 aliphatic heterocycles. The molecule has 8 heteroatoms. The number of para-hydroxylation sites is 1. The van der Waals surface area contributed by atoms with Crippen molar-refractivity contribution in [1.82, 2.24) is 4.90 Å². The third-order valence-corrected chi connectivity index (χ3v) is 6.50. The molecule has 25 heavy (non-hydrogen) atoms. The number of aliphatic imine (C=N–C) groups is 1. The van der Waals surface area contributed by atoms with Crippen molar-refractivity contribution < 1.29 is 8.42 Å². The Labute approximate surface area is 152 Å². The predicted molar refractivity (Wildman–Crippen MR) is 102 cm³/mol. The van der Waals surface area contributed by atoms with Crippen LogP contribution in [0.3, 0.4) is 0 Å². The van der Waals surface area contributed by atoms with E-state index in [2.05, 4.69) is 10.2 Å². The highest BCUT2D eigenvalue weighted by Gasteiger charge is 2.16. The van der Waals surface area contributed by atoms with Crippen LogP contribution in [0.15, 0.2) is 51.7 Å². The number of benzene rings is 1. The Morgan fingerprint density at radius 2 is 1.84 bits per heavy atom. The van der Waals surface area contributed by atoms with Crippen molar-refractivity contribution in [2.24, 2.45) is 10.1 Å². The van der Waals surface area contributed by atoms with E-state index in [1.54, 1.807) is 6.07 Å². The smallest absolute Gasteiger partial charge is 0.247 e. The first kappa shape index (κ1) is 17.9. The standard InChI is InChI=1S/C17H22N4O2S2/c18-25(22,23)16-10-9-15(24-16)13-19-17(21-11-5-2-6-12-21)20-14-7-3-1-4-8-14/h1,3-4,7-10H,2,5-6,11-13H2,(H,19,20)(H2,18,22,23). The zero-order valence-electron chi connectivity index (χ0n) is 13.9. The molecule has 1 aromatic carbocycles. The Kier molecular flexibility index (Phi) is 5.72. The van der Waals surface area contributed by atoms with Crippen LogP contribution in [0.5, 0.6) is 0 Å². The molecule has 0 amide bonds. The number of primary sulfonamides is 1. The Morgan fingerprint density at radius 3 is 2.48 bits per heavy atom. The number of likely N-dealkylation sites (tertiary alicyclic amines) is 1. The monoisotopic (exact) mass is 378 g/mol. The molecule has 1 fully saturated rings. The lowest BCUT2D eigenvalue weighted by molar-refractivity contribution is 0.340. The summed E-state index contributed by atoms with van der Waals surface area (Å²) in [6, 6.07) is 13.2. The lowest BCUT2D eigenvalue weighted by Crippen LogP contribution is -2.40. The van der Waals surface area contributed by atoms with Gasteiger partial charge in [0, 0.05) is 23.7 Å². The largest absolute Gasteiger partial charge is 0.343 e. The summed E-state index contributed by atoms with van der Waals surface area (Å²) in [4.78, 5) is 7.84. The van der Waals surface area contributed by atoms with Gasteiger partial charge in [-0.1, -0.05) is 18.2 Å². The second kappa shape index (κ2) is 7.99. The number of nitrogens with two attached hydrogens (primary N) is 1. The SMILES string of the molecule is NS(=O)(=O)c1ccc(CN=C(Nc2ccccc2)N2CCCCC2)s1. The summed E-state index contributed by atoms with van der Waals surface area (Å²) >= 11 is 1.17. The number of rotatable bonds is 4. The van der Waals surface area contributed by atoms with Crippen molar-refractivity contribution in [3.05, 3.63) is 47.3 Å². The zero-order chi connectivity index (χ0) is 17.7. The lowest BCUT2D eigenvalue weighted by atomic mass is 10.1. The average molecular weight is 379 g/mol. The fourth-order valence-corrected chi connectivity index (χ4v) is 4.43. The van der Waals surface area contributed by atoms with Gasteiger partial charge in [-0.15, -0.1) is 11.3 Å². The fourth-order valence-electron chi connectivity index (χ4n) is 2.72. The molecule has 2 heterocycles. The molecule has 1 aromatic heterocycles. The number of guanidine groups is 1. The van der Waals surface area contributed by atoms with Crippen molar-refractivity contribution in [1.29, 1.82) is 0 Å². The molecule has 0 bridgehead atoms. The first-order valence-corrected chi connectivity index (χ1v) is 10.6. The number of nitrogens with one attached hydrogen (secondary N) is 1. The molecule has 1 aliphatic rings. The van der Waals surface area contributed by atoms with Gasteiger partial charge < -0.3 is 10.2 Å². The Balaban J connectivity index is 1.78. The van der Waals surface area contributed by atoms with E-state index >= 15 is 0 Å². The van der Waals surface area contributed by atoms with Crippen LogP contribution < -0.4 is 10.5 Å². The van der Waals surface area contributed by atoms with Gasteiger partial charge in [-0.3, -0.25) is 0 Å². The van der Waals surface area contributed by atoms with Gasteiger partial charge in [0.05, 0.1) is 6.54 Å². The minimum absolute atomic E-state index is 0.174. The molecule has 3 N–H and O–H groups in total. The summed E-state index contributed by atoms with van der Waals surface area (Å²) in [5.41, 5.74) is 0.989. The van der Waals surface area contributed by atoms with Crippen molar-refractivity contribution in [2.75, 3.05) is 18.4 Å². The van der Waals surface area contributed by atoms with Gasteiger partial charge in [-0.25, -0.2) is 18.5 Å². The van der Waals surface area contributed by atoms with Crippen LogP contribution in [-0.4, -0.2) is 32.4 Å². The predicted octanol–water partition coefficient (Wildman–Crippen LogP) is 2.85. The molecule has 2 aromatic rings. The second-order valence-corrected chi connectivity index (χ2v) is 8.90. The van der Waals surface area contributed by atoms with Crippen LogP contribution in [0.4, 0.5) is 5.69 Å². The fraction of sp³-hybridized carbons (Fsp3) is 0.353. The van der Waals surface area contributed by atoms with E-state index in [1.165, 1.54) is 23.8 Å². The van der Waals surface area contributed by atoms with Crippen LogP contribution in [0, 0.1) is 0 Å². The van der Waals surface area contributed by atoms with Gasteiger partial charge in [-0.05, 0) is 43.5 Å².